The molecular formula is C19H22N2O3S. The van der Waals surface area contributed by atoms with E-state index in [-0.39, 0.29) is 17.3 Å². The molecule has 2 rings (SSSR count). The molecule has 1 N–H and O–H groups in total. The van der Waals surface area contributed by atoms with Gasteiger partial charge in [-0.2, -0.15) is 0 Å². The number of nitrogens with one attached hydrogen (secondary N) is 1. The van der Waals surface area contributed by atoms with Crippen molar-refractivity contribution in [2.45, 2.75) is 18.4 Å². The molecule has 0 unspecified atom stereocenters. The van der Waals surface area contributed by atoms with Gasteiger partial charge in [0.2, 0.25) is 15.9 Å². The predicted octanol–water partition coefficient (Wildman–Crippen LogP) is 2.49. The fraction of sp³-hybridized carbons (Fsp3) is 0.211. The maximum absolute atomic E-state index is 12.4. The molecule has 2 aromatic rings. The fourth-order valence-electron chi connectivity index (χ4n) is 2.28. The molecule has 0 aliphatic rings. The summed E-state index contributed by atoms with van der Waals surface area (Å²) in [6, 6.07) is 16.0. The number of carbonyl (C=O) groups is 1. The molecular weight excluding hydrogens is 336 g/mol. The Balaban J connectivity index is 2.02. The summed E-state index contributed by atoms with van der Waals surface area (Å²) < 4.78 is 26.9. The van der Waals surface area contributed by atoms with E-state index in [1.807, 2.05) is 37.3 Å². The van der Waals surface area contributed by atoms with Crippen LogP contribution in [0.5, 0.6) is 0 Å². The van der Waals surface area contributed by atoms with Gasteiger partial charge in [0.15, 0.2) is 0 Å². The summed E-state index contributed by atoms with van der Waals surface area (Å²) in [5.41, 5.74) is 1.94. The second-order valence-electron chi connectivity index (χ2n) is 5.69. The lowest BCUT2D eigenvalue weighted by molar-refractivity contribution is -0.130. The molecule has 0 aliphatic carbocycles. The number of hydrogen-bond acceptors (Lipinski definition) is 3. The molecule has 0 heterocycles. The predicted molar refractivity (Wildman–Crippen MR) is 98.4 cm³/mol. The third-order valence-corrected chi connectivity index (χ3v) is 5.08. The SMILES string of the molecule is C=CCN(Cc1ccccc1)C(=O)CNS(=O)(=O)c1ccc(C)cc1. The number of aryl methyl sites for hydroxylation is 1. The Kier molecular flexibility index (Phi) is 6.50. The molecule has 0 saturated heterocycles. The molecule has 132 valence electrons. The van der Waals surface area contributed by atoms with Crippen molar-refractivity contribution in [3.05, 3.63) is 78.4 Å². The molecule has 0 fully saturated rings. The minimum Gasteiger partial charge on any atom is -0.334 e. The maximum Gasteiger partial charge on any atom is 0.241 e. The van der Waals surface area contributed by atoms with Crippen LogP contribution in [-0.2, 0) is 21.4 Å². The molecule has 0 radical (unpaired) electrons. The molecule has 6 heteroatoms. The average Bonchev–Trinajstić information content (AvgIpc) is 2.61. The van der Waals surface area contributed by atoms with E-state index in [4.69, 9.17) is 0 Å². The summed E-state index contributed by atoms with van der Waals surface area (Å²) in [5, 5.41) is 0. The van der Waals surface area contributed by atoms with Gasteiger partial charge >= 0.3 is 0 Å². The highest BCUT2D eigenvalue weighted by Gasteiger charge is 2.18. The highest BCUT2D eigenvalue weighted by Crippen LogP contribution is 2.10. The van der Waals surface area contributed by atoms with Crippen LogP contribution in [0, 0.1) is 6.92 Å². The first-order chi connectivity index (χ1) is 11.9. The molecule has 0 spiro atoms. The second kappa shape index (κ2) is 8.60. The summed E-state index contributed by atoms with van der Waals surface area (Å²) in [5.74, 6) is -0.306. The fourth-order valence-corrected chi connectivity index (χ4v) is 3.26. The zero-order valence-corrected chi connectivity index (χ0v) is 15.0. The Morgan fingerprint density at radius 3 is 2.36 bits per heavy atom. The van der Waals surface area contributed by atoms with Crippen molar-refractivity contribution in [3.63, 3.8) is 0 Å². The minimum absolute atomic E-state index is 0.143. The van der Waals surface area contributed by atoms with Crippen LogP contribution in [0.15, 0.2) is 72.1 Å². The second-order valence-corrected chi connectivity index (χ2v) is 7.45. The highest BCUT2D eigenvalue weighted by atomic mass is 32.2. The molecule has 0 bridgehead atoms. The van der Waals surface area contributed by atoms with E-state index in [1.165, 1.54) is 12.1 Å². The summed E-state index contributed by atoms with van der Waals surface area (Å²) >= 11 is 0. The van der Waals surface area contributed by atoms with Crippen molar-refractivity contribution in [1.82, 2.24) is 9.62 Å². The zero-order chi connectivity index (χ0) is 18.3. The maximum atomic E-state index is 12.4. The van der Waals surface area contributed by atoms with E-state index >= 15 is 0 Å². The van der Waals surface area contributed by atoms with Gasteiger partial charge in [-0.05, 0) is 24.6 Å². The standard InChI is InChI=1S/C19H22N2O3S/c1-3-13-21(15-17-7-5-4-6-8-17)19(22)14-20-25(23,24)18-11-9-16(2)10-12-18/h3-12,20H,1,13-15H2,2H3. The smallest absolute Gasteiger partial charge is 0.241 e. The van der Waals surface area contributed by atoms with Crippen LogP contribution in [0.2, 0.25) is 0 Å². The van der Waals surface area contributed by atoms with Crippen LogP contribution < -0.4 is 4.72 Å². The largest absolute Gasteiger partial charge is 0.334 e. The van der Waals surface area contributed by atoms with Gasteiger partial charge in [-0.3, -0.25) is 4.79 Å². The number of benzene rings is 2. The molecule has 2 aromatic carbocycles. The van der Waals surface area contributed by atoms with Gasteiger partial charge in [0.25, 0.3) is 0 Å². The Hall–Kier alpha value is -2.44. The normalized spacial score (nSPS) is 11.1. The molecule has 0 atom stereocenters. The number of carbonyl (C=O) groups excluding carboxylic acids is 1. The average molecular weight is 358 g/mol. The van der Waals surface area contributed by atoms with E-state index < -0.39 is 10.0 Å². The van der Waals surface area contributed by atoms with Crippen LogP contribution in [0.1, 0.15) is 11.1 Å². The third kappa shape index (κ3) is 5.55. The van der Waals surface area contributed by atoms with Crippen molar-refractivity contribution in [1.29, 1.82) is 0 Å². The van der Waals surface area contributed by atoms with Gasteiger partial charge in [-0.25, -0.2) is 13.1 Å². The molecule has 5 nitrogen and oxygen atoms in total. The topological polar surface area (TPSA) is 66.5 Å². The summed E-state index contributed by atoms with van der Waals surface area (Å²) in [7, 11) is -3.72. The van der Waals surface area contributed by atoms with Crippen molar-refractivity contribution in [3.8, 4) is 0 Å². The van der Waals surface area contributed by atoms with Crippen molar-refractivity contribution in [2.75, 3.05) is 13.1 Å². The van der Waals surface area contributed by atoms with E-state index in [0.29, 0.717) is 13.1 Å². The Morgan fingerprint density at radius 2 is 1.76 bits per heavy atom. The van der Waals surface area contributed by atoms with E-state index in [9.17, 15) is 13.2 Å². The van der Waals surface area contributed by atoms with Crippen molar-refractivity contribution < 1.29 is 13.2 Å². The summed E-state index contributed by atoms with van der Waals surface area (Å²) in [4.78, 5) is 14.1. The van der Waals surface area contributed by atoms with Gasteiger partial charge in [0, 0.05) is 13.1 Å². The lowest BCUT2D eigenvalue weighted by Gasteiger charge is -2.21. The van der Waals surface area contributed by atoms with Gasteiger partial charge in [-0.1, -0.05) is 54.1 Å². The summed E-state index contributed by atoms with van der Waals surface area (Å²) in [6.45, 7) is 5.99. The number of sulfonamides is 1. The Bertz CT molecular complexity index is 816. The third-order valence-electron chi connectivity index (χ3n) is 3.66. The van der Waals surface area contributed by atoms with Crippen LogP contribution >= 0.6 is 0 Å². The molecule has 25 heavy (non-hydrogen) atoms. The first kappa shape index (κ1) is 18.9. The zero-order valence-electron chi connectivity index (χ0n) is 14.2. The quantitative estimate of drug-likeness (QED) is 0.737. The van der Waals surface area contributed by atoms with Gasteiger partial charge < -0.3 is 4.90 Å². The minimum atomic E-state index is -3.72. The van der Waals surface area contributed by atoms with Crippen molar-refractivity contribution in [2.24, 2.45) is 0 Å². The number of nitrogens with zero attached hydrogens (tertiary/aromatic N) is 1. The van der Waals surface area contributed by atoms with Crippen molar-refractivity contribution >= 4 is 15.9 Å². The highest BCUT2D eigenvalue weighted by molar-refractivity contribution is 7.89. The molecule has 0 aliphatic heterocycles. The van der Waals surface area contributed by atoms with E-state index in [2.05, 4.69) is 11.3 Å². The molecule has 0 saturated carbocycles. The lowest BCUT2D eigenvalue weighted by atomic mass is 10.2. The Labute approximate surface area is 149 Å². The Morgan fingerprint density at radius 1 is 1.12 bits per heavy atom. The molecule has 1 amide bonds. The van der Waals surface area contributed by atoms with Gasteiger partial charge in [0.1, 0.15) is 0 Å². The van der Waals surface area contributed by atoms with Crippen LogP contribution in [0.4, 0.5) is 0 Å². The molecule has 0 aromatic heterocycles. The van der Waals surface area contributed by atoms with Crippen LogP contribution in [0.3, 0.4) is 0 Å². The number of rotatable bonds is 8. The monoisotopic (exact) mass is 358 g/mol. The van der Waals surface area contributed by atoms with E-state index in [1.54, 1.807) is 23.1 Å². The summed E-state index contributed by atoms with van der Waals surface area (Å²) in [6.07, 6.45) is 1.62. The van der Waals surface area contributed by atoms with Crippen LogP contribution in [0.25, 0.3) is 0 Å². The van der Waals surface area contributed by atoms with Gasteiger partial charge in [-0.15, -0.1) is 6.58 Å². The van der Waals surface area contributed by atoms with E-state index in [0.717, 1.165) is 11.1 Å². The van der Waals surface area contributed by atoms with Gasteiger partial charge in [0.05, 0.1) is 11.4 Å². The van der Waals surface area contributed by atoms with Crippen LogP contribution in [-0.4, -0.2) is 32.3 Å². The number of amides is 1. The number of hydrogen-bond donors (Lipinski definition) is 1. The lowest BCUT2D eigenvalue weighted by Crippen LogP contribution is -2.39. The first-order valence-corrected chi connectivity index (χ1v) is 9.39. The first-order valence-electron chi connectivity index (χ1n) is 7.91.